The van der Waals surface area contributed by atoms with Crippen molar-refractivity contribution >= 4 is 18.2 Å². The first-order valence-electron chi connectivity index (χ1n) is 10.8. The molecule has 0 aliphatic heterocycles. The fraction of sp³-hybridized carbons (Fsp3) is 0.609. The van der Waals surface area contributed by atoms with E-state index < -0.39 is 17.4 Å². The summed E-state index contributed by atoms with van der Waals surface area (Å²) in [6.45, 7) is 5.59. The fourth-order valence-corrected chi connectivity index (χ4v) is 3.87. The fourth-order valence-electron chi connectivity index (χ4n) is 3.87. The maximum absolute atomic E-state index is 13.1. The smallest absolute Gasteiger partial charge is 0.243 e. The highest BCUT2D eigenvalue weighted by Crippen LogP contribution is 2.23. The van der Waals surface area contributed by atoms with Gasteiger partial charge in [-0.25, -0.2) is 5.06 Å². The predicted octanol–water partition coefficient (Wildman–Crippen LogP) is 2.67. The number of amides is 3. The first-order valence-corrected chi connectivity index (χ1v) is 10.8. The van der Waals surface area contributed by atoms with E-state index in [0.29, 0.717) is 11.5 Å². The molecule has 7 heteroatoms. The minimum Gasteiger partial charge on any atom is -0.352 e. The van der Waals surface area contributed by atoms with Gasteiger partial charge in [-0.2, -0.15) is 0 Å². The third-order valence-electron chi connectivity index (χ3n) is 5.59. The van der Waals surface area contributed by atoms with Crippen molar-refractivity contribution in [1.82, 2.24) is 15.7 Å². The number of benzene rings is 1. The number of rotatable bonds is 9. The van der Waals surface area contributed by atoms with Gasteiger partial charge in [-0.1, -0.05) is 70.4 Å². The molecule has 0 radical (unpaired) electrons. The molecule has 166 valence electrons. The number of hydrogen-bond donors (Lipinski definition) is 3. The van der Waals surface area contributed by atoms with Crippen molar-refractivity contribution in [2.45, 2.75) is 71.4 Å². The predicted molar refractivity (Wildman–Crippen MR) is 115 cm³/mol. The van der Waals surface area contributed by atoms with E-state index in [1.807, 2.05) is 51.1 Å². The largest absolute Gasteiger partial charge is 0.352 e. The Labute approximate surface area is 179 Å². The summed E-state index contributed by atoms with van der Waals surface area (Å²) in [6, 6.07) is 8.84. The SMILES string of the molecule is CC(C)(C)[C@H](NC(=O)[C@H](Cc1ccccc1)CN(O)C=O)C(=O)NC1CCCCC1. The van der Waals surface area contributed by atoms with Crippen molar-refractivity contribution in [2.75, 3.05) is 6.54 Å². The third kappa shape index (κ3) is 7.44. The van der Waals surface area contributed by atoms with Crippen LogP contribution in [0.3, 0.4) is 0 Å². The Morgan fingerprint density at radius 1 is 1.13 bits per heavy atom. The molecule has 7 nitrogen and oxygen atoms in total. The van der Waals surface area contributed by atoms with Gasteiger partial charge in [0.1, 0.15) is 6.04 Å². The van der Waals surface area contributed by atoms with Crippen molar-refractivity contribution in [3.05, 3.63) is 35.9 Å². The second kappa shape index (κ2) is 11.1. The molecule has 0 aromatic heterocycles. The van der Waals surface area contributed by atoms with Crippen molar-refractivity contribution < 1.29 is 19.6 Å². The molecule has 0 unspecified atom stereocenters. The van der Waals surface area contributed by atoms with Gasteiger partial charge in [0.25, 0.3) is 0 Å². The van der Waals surface area contributed by atoms with E-state index in [9.17, 15) is 19.6 Å². The van der Waals surface area contributed by atoms with E-state index in [1.54, 1.807) is 0 Å². The van der Waals surface area contributed by atoms with Crippen LogP contribution in [0.15, 0.2) is 30.3 Å². The molecule has 0 bridgehead atoms. The summed E-state index contributed by atoms with van der Waals surface area (Å²) in [6.07, 6.45) is 5.96. The molecule has 1 fully saturated rings. The number of hydrogen-bond acceptors (Lipinski definition) is 4. The molecule has 1 aliphatic carbocycles. The van der Waals surface area contributed by atoms with Crippen LogP contribution in [0.4, 0.5) is 0 Å². The summed E-state index contributed by atoms with van der Waals surface area (Å²) < 4.78 is 0. The van der Waals surface area contributed by atoms with Crippen LogP contribution in [0.5, 0.6) is 0 Å². The quantitative estimate of drug-likeness (QED) is 0.327. The van der Waals surface area contributed by atoms with Crippen LogP contribution in [-0.2, 0) is 20.8 Å². The van der Waals surface area contributed by atoms with Gasteiger partial charge in [0.2, 0.25) is 18.2 Å². The van der Waals surface area contributed by atoms with Crippen LogP contribution in [0, 0.1) is 11.3 Å². The first-order chi connectivity index (χ1) is 14.2. The van der Waals surface area contributed by atoms with Crippen LogP contribution in [-0.4, -0.2) is 47.1 Å². The first kappa shape index (κ1) is 23.9. The minimum absolute atomic E-state index is 0.147. The second-order valence-corrected chi connectivity index (χ2v) is 9.27. The molecule has 0 spiro atoms. The minimum atomic E-state index is -0.714. The number of carbonyl (C=O) groups excluding carboxylic acids is 3. The molecule has 0 heterocycles. The molecule has 2 rings (SSSR count). The molecule has 3 N–H and O–H groups in total. The van der Waals surface area contributed by atoms with E-state index in [1.165, 1.54) is 6.42 Å². The maximum Gasteiger partial charge on any atom is 0.243 e. The van der Waals surface area contributed by atoms with Crippen LogP contribution in [0.1, 0.15) is 58.4 Å². The van der Waals surface area contributed by atoms with Gasteiger partial charge in [0.05, 0.1) is 12.5 Å². The molecular formula is C23H35N3O4. The van der Waals surface area contributed by atoms with Crippen LogP contribution in [0.25, 0.3) is 0 Å². The number of carbonyl (C=O) groups is 3. The van der Waals surface area contributed by atoms with Gasteiger partial charge in [-0.15, -0.1) is 0 Å². The monoisotopic (exact) mass is 417 g/mol. The molecular weight excluding hydrogens is 382 g/mol. The molecule has 1 aromatic rings. The van der Waals surface area contributed by atoms with Gasteiger partial charge in [-0.05, 0) is 30.2 Å². The van der Waals surface area contributed by atoms with Gasteiger partial charge >= 0.3 is 0 Å². The van der Waals surface area contributed by atoms with E-state index in [-0.39, 0.29) is 30.8 Å². The summed E-state index contributed by atoms with van der Waals surface area (Å²) in [5.74, 6) is -1.23. The average Bonchev–Trinajstić information content (AvgIpc) is 2.71. The highest BCUT2D eigenvalue weighted by Gasteiger charge is 2.35. The Kier molecular flexibility index (Phi) is 8.84. The lowest BCUT2D eigenvalue weighted by Gasteiger charge is -2.34. The Balaban J connectivity index is 2.12. The molecule has 0 saturated heterocycles. The van der Waals surface area contributed by atoms with E-state index in [4.69, 9.17) is 0 Å². The normalized spacial score (nSPS) is 16.9. The highest BCUT2D eigenvalue weighted by atomic mass is 16.5. The van der Waals surface area contributed by atoms with Gasteiger partial charge in [0, 0.05) is 6.04 Å². The van der Waals surface area contributed by atoms with Crippen molar-refractivity contribution in [2.24, 2.45) is 11.3 Å². The molecule has 1 aliphatic rings. The topological polar surface area (TPSA) is 98.7 Å². The summed E-state index contributed by atoms with van der Waals surface area (Å²) in [4.78, 5) is 37.0. The summed E-state index contributed by atoms with van der Waals surface area (Å²) in [7, 11) is 0. The lowest BCUT2D eigenvalue weighted by atomic mass is 9.84. The highest BCUT2D eigenvalue weighted by molar-refractivity contribution is 5.89. The van der Waals surface area contributed by atoms with E-state index >= 15 is 0 Å². The van der Waals surface area contributed by atoms with Crippen molar-refractivity contribution in [1.29, 1.82) is 0 Å². The molecule has 2 atom stereocenters. The zero-order valence-electron chi connectivity index (χ0n) is 18.3. The standard InChI is InChI=1S/C23H35N3O4/c1-23(2,3)20(22(29)24-19-12-8-5-9-13-19)25-21(28)18(15-26(30)16-27)14-17-10-6-4-7-11-17/h4,6-7,10-11,16,18-20,30H,5,8-9,12-15H2,1-3H3,(H,24,29)(H,25,28)/t18-,20-/m1/s1. The van der Waals surface area contributed by atoms with Gasteiger partial charge in [-0.3, -0.25) is 19.6 Å². The zero-order chi connectivity index (χ0) is 22.1. The number of nitrogens with zero attached hydrogens (tertiary/aromatic N) is 1. The lowest BCUT2D eigenvalue weighted by Crippen LogP contribution is -2.57. The van der Waals surface area contributed by atoms with Gasteiger partial charge < -0.3 is 10.6 Å². The number of nitrogens with one attached hydrogen (secondary N) is 2. The van der Waals surface area contributed by atoms with E-state index in [0.717, 1.165) is 31.2 Å². The summed E-state index contributed by atoms with van der Waals surface area (Å²) in [5.41, 5.74) is 0.422. The van der Waals surface area contributed by atoms with E-state index in [2.05, 4.69) is 10.6 Å². The van der Waals surface area contributed by atoms with Gasteiger partial charge in [0.15, 0.2) is 0 Å². The van der Waals surface area contributed by atoms with Crippen LogP contribution >= 0.6 is 0 Å². The molecule has 30 heavy (non-hydrogen) atoms. The Hall–Kier alpha value is -2.41. The third-order valence-corrected chi connectivity index (χ3v) is 5.59. The lowest BCUT2D eigenvalue weighted by molar-refractivity contribution is -0.155. The molecule has 3 amide bonds. The van der Waals surface area contributed by atoms with Crippen molar-refractivity contribution in [3.8, 4) is 0 Å². The summed E-state index contributed by atoms with van der Waals surface area (Å²) in [5, 5.41) is 16.1. The Morgan fingerprint density at radius 2 is 1.77 bits per heavy atom. The van der Waals surface area contributed by atoms with Crippen LogP contribution < -0.4 is 10.6 Å². The number of hydroxylamine groups is 2. The van der Waals surface area contributed by atoms with Crippen molar-refractivity contribution in [3.63, 3.8) is 0 Å². The summed E-state index contributed by atoms with van der Waals surface area (Å²) >= 11 is 0. The molecule has 1 aromatic carbocycles. The second-order valence-electron chi connectivity index (χ2n) is 9.27. The Morgan fingerprint density at radius 3 is 2.33 bits per heavy atom. The molecule has 1 saturated carbocycles. The zero-order valence-corrected chi connectivity index (χ0v) is 18.3. The van der Waals surface area contributed by atoms with Crippen LogP contribution in [0.2, 0.25) is 0 Å². The average molecular weight is 418 g/mol. The Bertz CT molecular complexity index is 696. The maximum atomic E-state index is 13.1.